The summed E-state index contributed by atoms with van der Waals surface area (Å²) in [5.41, 5.74) is 1.79. The van der Waals surface area contributed by atoms with Gasteiger partial charge in [-0.05, 0) is 31.4 Å². The Hall–Kier alpha value is -1.79. The van der Waals surface area contributed by atoms with Crippen molar-refractivity contribution >= 4 is 28.7 Å². The molecule has 1 aliphatic heterocycles. The molecule has 2 heterocycles. The Kier molecular flexibility index (Phi) is 5.26. The van der Waals surface area contributed by atoms with Crippen LogP contribution < -0.4 is 0 Å². The molecular formula is C17H22ClN3O3. The lowest BCUT2D eigenvalue weighted by Crippen LogP contribution is -2.38. The lowest BCUT2D eigenvalue weighted by molar-refractivity contribution is 0.129. The second-order valence-corrected chi connectivity index (χ2v) is 6.55. The SMILES string of the molecule is COCCCn1c(C2CCCN(C(=O)O)C2)nc2c(Cl)cccc21. The van der Waals surface area contributed by atoms with Gasteiger partial charge in [0.2, 0.25) is 0 Å². The average molecular weight is 352 g/mol. The molecule has 0 bridgehead atoms. The second kappa shape index (κ2) is 7.40. The summed E-state index contributed by atoms with van der Waals surface area (Å²) in [6.45, 7) is 2.53. The third-order valence-electron chi connectivity index (χ3n) is 4.55. The van der Waals surface area contributed by atoms with Gasteiger partial charge in [0.15, 0.2) is 0 Å². The molecule has 6 nitrogen and oxygen atoms in total. The summed E-state index contributed by atoms with van der Waals surface area (Å²) in [7, 11) is 1.69. The van der Waals surface area contributed by atoms with Crippen LogP contribution in [0.3, 0.4) is 0 Å². The zero-order chi connectivity index (χ0) is 17.1. The quantitative estimate of drug-likeness (QED) is 0.836. The normalized spacial score (nSPS) is 18.2. The van der Waals surface area contributed by atoms with Gasteiger partial charge < -0.3 is 19.3 Å². The molecule has 0 radical (unpaired) electrons. The molecule has 1 atom stereocenters. The Bertz CT molecular complexity index is 731. The van der Waals surface area contributed by atoms with Gasteiger partial charge in [-0.25, -0.2) is 9.78 Å². The number of amides is 1. The maximum Gasteiger partial charge on any atom is 0.407 e. The van der Waals surface area contributed by atoms with Crippen molar-refractivity contribution in [3.8, 4) is 0 Å². The maximum atomic E-state index is 11.3. The molecule has 130 valence electrons. The third kappa shape index (κ3) is 3.35. The summed E-state index contributed by atoms with van der Waals surface area (Å²) in [6.07, 6.45) is 1.80. The Labute approximate surface area is 146 Å². The van der Waals surface area contributed by atoms with Crippen molar-refractivity contribution in [3.63, 3.8) is 0 Å². The number of likely N-dealkylation sites (tertiary alicyclic amines) is 1. The van der Waals surface area contributed by atoms with Gasteiger partial charge in [-0.2, -0.15) is 0 Å². The molecule has 1 N–H and O–H groups in total. The number of halogens is 1. The van der Waals surface area contributed by atoms with E-state index in [4.69, 9.17) is 21.3 Å². The number of carboxylic acid groups (broad SMARTS) is 1. The van der Waals surface area contributed by atoms with Crippen LogP contribution in [0.4, 0.5) is 4.79 Å². The van der Waals surface area contributed by atoms with Crippen molar-refractivity contribution in [2.45, 2.75) is 31.7 Å². The fraction of sp³-hybridized carbons (Fsp3) is 0.529. The molecule has 0 saturated carbocycles. The first-order valence-corrected chi connectivity index (χ1v) is 8.61. The van der Waals surface area contributed by atoms with Crippen LogP contribution in [0.1, 0.15) is 31.0 Å². The van der Waals surface area contributed by atoms with E-state index < -0.39 is 6.09 Å². The topological polar surface area (TPSA) is 67.6 Å². The molecule has 0 spiro atoms. The standard InChI is InChI=1S/C17H22ClN3O3/c1-24-10-4-9-21-14-7-2-6-13(18)15(14)19-16(21)12-5-3-8-20(11-12)17(22)23/h2,6-7,12H,3-5,8-11H2,1H3,(H,22,23). The van der Waals surface area contributed by atoms with E-state index in [1.165, 1.54) is 4.90 Å². The number of nitrogens with zero attached hydrogens (tertiary/aromatic N) is 3. The van der Waals surface area contributed by atoms with Crippen LogP contribution in [0.25, 0.3) is 11.0 Å². The van der Waals surface area contributed by atoms with Crippen LogP contribution in [-0.2, 0) is 11.3 Å². The first-order chi connectivity index (χ1) is 11.6. The van der Waals surface area contributed by atoms with Crippen LogP contribution >= 0.6 is 11.6 Å². The van der Waals surface area contributed by atoms with E-state index in [9.17, 15) is 9.90 Å². The molecule has 1 fully saturated rings. The number of aromatic nitrogens is 2. The summed E-state index contributed by atoms with van der Waals surface area (Å²) in [6, 6.07) is 5.78. The Morgan fingerprint density at radius 3 is 3.08 bits per heavy atom. The summed E-state index contributed by atoms with van der Waals surface area (Å²) < 4.78 is 7.34. The van der Waals surface area contributed by atoms with E-state index in [1.807, 2.05) is 18.2 Å². The van der Waals surface area contributed by atoms with Crippen LogP contribution in [0.15, 0.2) is 18.2 Å². The van der Waals surface area contributed by atoms with Gasteiger partial charge in [-0.15, -0.1) is 0 Å². The van der Waals surface area contributed by atoms with Crippen LogP contribution in [-0.4, -0.2) is 52.5 Å². The largest absolute Gasteiger partial charge is 0.465 e. The minimum atomic E-state index is -0.861. The lowest BCUT2D eigenvalue weighted by Gasteiger charge is -2.30. The zero-order valence-electron chi connectivity index (χ0n) is 13.7. The number of benzene rings is 1. The smallest absolute Gasteiger partial charge is 0.407 e. The predicted octanol–water partition coefficient (Wildman–Crippen LogP) is 3.58. The summed E-state index contributed by atoms with van der Waals surface area (Å²) >= 11 is 6.32. The van der Waals surface area contributed by atoms with E-state index in [1.54, 1.807) is 7.11 Å². The molecule has 1 aromatic carbocycles. The number of hydrogen-bond donors (Lipinski definition) is 1. The van der Waals surface area contributed by atoms with Crippen molar-refractivity contribution in [3.05, 3.63) is 29.0 Å². The molecule has 1 aromatic heterocycles. The van der Waals surface area contributed by atoms with Gasteiger partial charge in [0.05, 0.1) is 10.5 Å². The molecule has 1 saturated heterocycles. The fourth-order valence-electron chi connectivity index (χ4n) is 3.41. The predicted molar refractivity (Wildman–Crippen MR) is 92.8 cm³/mol. The van der Waals surface area contributed by atoms with E-state index in [0.29, 0.717) is 24.7 Å². The molecule has 7 heteroatoms. The Morgan fingerprint density at radius 1 is 1.50 bits per heavy atom. The Morgan fingerprint density at radius 2 is 2.33 bits per heavy atom. The van der Waals surface area contributed by atoms with Crippen molar-refractivity contribution in [2.24, 2.45) is 0 Å². The van der Waals surface area contributed by atoms with Crippen molar-refractivity contribution < 1.29 is 14.6 Å². The summed E-state index contributed by atoms with van der Waals surface area (Å²) in [4.78, 5) is 17.6. The lowest BCUT2D eigenvalue weighted by atomic mass is 9.97. The highest BCUT2D eigenvalue weighted by Crippen LogP contribution is 2.32. The molecule has 1 aliphatic rings. The highest BCUT2D eigenvalue weighted by Gasteiger charge is 2.28. The van der Waals surface area contributed by atoms with Crippen molar-refractivity contribution in [1.82, 2.24) is 14.5 Å². The number of fused-ring (bicyclic) bond motifs is 1. The van der Waals surface area contributed by atoms with Crippen LogP contribution in [0.5, 0.6) is 0 Å². The fourth-order valence-corrected chi connectivity index (χ4v) is 3.62. The van der Waals surface area contributed by atoms with Crippen LogP contribution in [0.2, 0.25) is 5.02 Å². The van der Waals surface area contributed by atoms with E-state index in [2.05, 4.69) is 4.57 Å². The minimum absolute atomic E-state index is 0.0980. The summed E-state index contributed by atoms with van der Waals surface area (Å²) in [5, 5.41) is 9.92. The van der Waals surface area contributed by atoms with Crippen molar-refractivity contribution in [1.29, 1.82) is 0 Å². The van der Waals surface area contributed by atoms with Gasteiger partial charge in [-0.1, -0.05) is 17.7 Å². The monoisotopic (exact) mass is 351 g/mol. The first-order valence-electron chi connectivity index (χ1n) is 8.23. The first kappa shape index (κ1) is 17.0. The average Bonchev–Trinajstić information content (AvgIpc) is 2.95. The molecule has 1 unspecified atom stereocenters. The highest BCUT2D eigenvalue weighted by molar-refractivity contribution is 6.34. The molecular weight excluding hydrogens is 330 g/mol. The van der Waals surface area contributed by atoms with Crippen LogP contribution in [0, 0.1) is 0 Å². The summed E-state index contributed by atoms with van der Waals surface area (Å²) in [5.74, 6) is 1.03. The van der Waals surface area contributed by atoms with Gasteiger partial charge in [0, 0.05) is 39.3 Å². The number of carbonyl (C=O) groups is 1. The molecule has 3 rings (SSSR count). The number of methoxy groups -OCH3 is 1. The molecule has 2 aromatic rings. The zero-order valence-corrected chi connectivity index (χ0v) is 14.5. The minimum Gasteiger partial charge on any atom is -0.465 e. The van der Waals surface area contributed by atoms with E-state index in [0.717, 1.165) is 42.7 Å². The number of ether oxygens (including phenoxy) is 1. The number of para-hydroxylation sites is 1. The maximum absolute atomic E-state index is 11.3. The second-order valence-electron chi connectivity index (χ2n) is 6.14. The number of rotatable bonds is 5. The van der Waals surface area contributed by atoms with E-state index in [-0.39, 0.29) is 5.92 Å². The molecule has 24 heavy (non-hydrogen) atoms. The molecule has 0 aliphatic carbocycles. The molecule has 1 amide bonds. The number of piperidine rings is 1. The van der Waals surface area contributed by atoms with Gasteiger partial charge in [0.1, 0.15) is 11.3 Å². The third-order valence-corrected chi connectivity index (χ3v) is 4.85. The van der Waals surface area contributed by atoms with E-state index >= 15 is 0 Å². The number of hydrogen-bond acceptors (Lipinski definition) is 3. The van der Waals surface area contributed by atoms with Crippen molar-refractivity contribution in [2.75, 3.05) is 26.8 Å². The Balaban J connectivity index is 1.97. The van der Waals surface area contributed by atoms with Gasteiger partial charge in [0.25, 0.3) is 0 Å². The highest BCUT2D eigenvalue weighted by atomic mass is 35.5. The number of imidazole rings is 1. The van der Waals surface area contributed by atoms with Gasteiger partial charge >= 0.3 is 6.09 Å². The van der Waals surface area contributed by atoms with Gasteiger partial charge in [-0.3, -0.25) is 0 Å². The number of aryl methyl sites for hydroxylation is 1.